The SMILES string of the molecule is O=C(O)c1cnn(-c2ccc3ncccc3c2)c1C1CC1. The van der Waals surface area contributed by atoms with Crippen molar-refractivity contribution in [2.24, 2.45) is 0 Å². The Morgan fingerprint density at radius 2 is 2.14 bits per heavy atom. The van der Waals surface area contributed by atoms with Gasteiger partial charge in [0.2, 0.25) is 0 Å². The van der Waals surface area contributed by atoms with Gasteiger partial charge in [-0.3, -0.25) is 4.98 Å². The van der Waals surface area contributed by atoms with Crippen molar-refractivity contribution in [1.29, 1.82) is 0 Å². The van der Waals surface area contributed by atoms with E-state index in [1.165, 1.54) is 6.20 Å². The summed E-state index contributed by atoms with van der Waals surface area (Å²) >= 11 is 0. The smallest absolute Gasteiger partial charge is 0.339 e. The van der Waals surface area contributed by atoms with Crippen molar-refractivity contribution in [3.05, 3.63) is 54.0 Å². The summed E-state index contributed by atoms with van der Waals surface area (Å²) in [5.41, 5.74) is 2.92. The van der Waals surface area contributed by atoms with Crippen LogP contribution in [0.15, 0.2) is 42.7 Å². The normalized spacial score (nSPS) is 14.5. The Hall–Kier alpha value is -2.69. The van der Waals surface area contributed by atoms with Crippen LogP contribution in [0.2, 0.25) is 0 Å². The van der Waals surface area contributed by atoms with Crippen LogP contribution in [-0.2, 0) is 0 Å². The molecule has 0 amide bonds. The first-order valence-electron chi connectivity index (χ1n) is 6.90. The van der Waals surface area contributed by atoms with Crippen LogP contribution in [-0.4, -0.2) is 25.8 Å². The largest absolute Gasteiger partial charge is 0.478 e. The summed E-state index contributed by atoms with van der Waals surface area (Å²) < 4.78 is 1.76. The van der Waals surface area contributed by atoms with Gasteiger partial charge in [-0.05, 0) is 37.1 Å². The molecule has 5 nitrogen and oxygen atoms in total. The molecule has 1 saturated carbocycles. The van der Waals surface area contributed by atoms with Crippen molar-refractivity contribution < 1.29 is 9.90 Å². The molecule has 0 unspecified atom stereocenters. The van der Waals surface area contributed by atoms with Gasteiger partial charge in [0, 0.05) is 17.5 Å². The molecule has 0 bridgehead atoms. The molecule has 1 fully saturated rings. The van der Waals surface area contributed by atoms with Gasteiger partial charge in [0.25, 0.3) is 0 Å². The molecular weight excluding hydrogens is 266 g/mol. The van der Waals surface area contributed by atoms with E-state index in [1.54, 1.807) is 10.9 Å². The predicted molar refractivity (Wildman–Crippen MR) is 77.8 cm³/mol. The maximum absolute atomic E-state index is 11.3. The number of aromatic nitrogens is 3. The Labute approximate surface area is 120 Å². The molecule has 2 heterocycles. The molecular formula is C16H13N3O2. The van der Waals surface area contributed by atoms with Crippen molar-refractivity contribution in [3.8, 4) is 5.69 Å². The van der Waals surface area contributed by atoms with E-state index in [4.69, 9.17) is 0 Å². The molecule has 5 heteroatoms. The Morgan fingerprint density at radius 3 is 2.90 bits per heavy atom. The van der Waals surface area contributed by atoms with E-state index < -0.39 is 5.97 Å². The van der Waals surface area contributed by atoms with E-state index in [9.17, 15) is 9.90 Å². The minimum Gasteiger partial charge on any atom is -0.478 e. The first-order chi connectivity index (χ1) is 10.2. The van der Waals surface area contributed by atoms with Crippen LogP contribution >= 0.6 is 0 Å². The number of hydrogen-bond donors (Lipinski definition) is 1. The van der Waals surface area contributed by atoms with E-state index in [0.717, 1.165) is 35.1 Å². The monoisotopic (exact) mass is 279 g/mol. The summed E-state index contributed by atoms with van der Waals surface area (Å²) in [5.74, 6) is -0.603. The van der Waals surface area contributed by atoms with E-state index >= 15 is 0 Å². The van der Waals surface area contributed by atoms with Gasteiger partial charge in [-0.25, -0.2) is 9.48 Å². The van der Waals surface area contributed by atoms with Crippen molar-refractivity contribution in [2.75, 3.05) is 0 Å². The standard InChI is InChI=1S/C16H13N3O2/c20-16(21)13-9-18-19(15(13)10-3-4-10)12-5-6-14-11(8-12)2-1-7-17-14/h1-2,5-10H,3-4H2,(H,20,21). The third-order valence-corrected chi connectivity index (χ3v) is 3.83. The molecule has 0 atom stereocenters. The van der Waals surface area contributed by atoms with Crippen molar-refractivity contribution in [1.82, 2.24) is 14.8 Å². The molecule has 1 aliphatic rings. The lowest BCUT2D eigenvalue weighted by atomic mass is 10.1. The first kappa shape index (κ1) is 12.1. The zero-order valence-electron chi connectivity index (χ0n) is 11.2. The summed E-state index contributed by atoms with van der Waals surface area (Å²) in [6, 6.07) is 9.74. The highest BCUT2D eigenvalue weighted by molar-refractivity contribution is 5.89. The average molecular weight is 279 g/mol. The number of nitrogens with zero attached hydrogens (tertiary/aromatic N) is 3. The number of carboxylic acid groups (broad SMARTS) is 1. The number of carbonyl (C=O) groups is 1. The fraction of sp³-hybridized carbons (Fsp3) is 0.188. The highest BCUT2D eigenvalue weighted by Crippen LogP contribution is 2.42. The summed E-state index contributed by atoms with van der Waals surface area (Å²) in [4.78, 5) is 15.6. The fourth-order valence-corrected chi connectivity index (χ4v) is 2.67. The summed E-state index contributed by atoms with van der Waals surface area (Å²) in [5, 5.41) is 14.6. The molecule has 0 saturated heterocycles. The van der Waals surface area contributed by atoms with Gasteiger partial charge < -0.3 is 5.11 Å². The molecule has 1 aromatic carbocycles. The van der Waals surface area contributed by atoms with E-state index in [2.05, 4.69) is 10.1 Å². The van der Waals surface area contributed by atoms with Crippen LogP contribution in [0.25, 0.3) is 16.6 Å². The molecule has 21 heavy (non-hydrogen) atoms. The minimum atomic E-state index is -0.911. The van der Waals surface area contributed by atoms with E-state index in [-0.39, 0.29) is 0 Å². The quantitative estimate of drug-likeness (QED) is 0.800. The summed E-state index contributed by atoms with van der Waals surface area (Å²) in [7, 11) is 0. The van der Waals surface area contributed by atoms with Gasteiger partial charge in [0.05, 0.1) is 23.1 Å². The molecule has 104 valence electrons. The van der Waals surface area contributed by atoms with Gasteiger partial charge in [-0.1, -0.05) is 6.07 Å². The van der Waals surface area contributed by atoms with Gasteiger partial charge in [0.1, 0.15) is 5.56 Å². The number of carboxylic acids is 1. The van der Waals surface area contributed by atoms with Gasteiger partial charge >= 0.3 is 5.97 Å². The predicted octanol–water partition coefficient (Wildman–Crippen LogP) is 3.00. The maximum atomic E-state index is 11.3. The molecule has 4 rings (SSSR count). The Bertz CT molecular complexity index is 850. The molecule has 1 N–H and O–H groups in total. The topological polar surface area (TPSA) is 68.0 Å². The zero-order valence-corrected chi connectivity index (χ0v) is 11.2. The Balaban J connectivity index is 1.90. The van der Waals surface area contributed by atoms with Crippen LogP contribution in [0.1, 0.15) is 34.8 Å². The van der Waals surface area contributed by atoms with Crippen LogP contribution in [0.3, 0.4) is 0 Å². The highest BCUT2D eigenvalue weighted by atomic mass is 16.4. The van der Waals surface area contributed by atoms with E-state index in [0.29, 0.717) is 11.5 Å². The second kappa shape index (κ2) is 4.41. The molecule has 1 aliphatic carbocycles. The number of aromatic carboxylic acids is 1. The third kappa shape index (κ3) is 1.98. The third-order valence-electron chi connectivity index (χ3n) is 3.83. The van der Waals surface area contributed by atoms with Crippen molar-refractivity contribution in [3.63, 3.8) is 0 Å². The lowest BCUT2D eigenvalue weighted by Crippen LogP contribution is -2.05. The van der Waals surface area contributed by atoms with Crippen LogP contribution in [0, 0.1) is 0 Å². The molecule has 2 aromatic heterocycles. The number of pyridine rings is 1. The lowest BCUT2D eigenvalue weighted by Gasteiger charge is -2.08. The lowest BCUT2D eigenvalue weighted by molar-refractivity contribution is 0.0695. The number of benzene rings is 1. The van der Waals surface area contributed by atoms with Crippen molar-refractivity contribution in [2.45, 2.75) is 18.8 Å². The minimum absolute atomic E-state index is 0.309. The summed E-state index contributed by atoms with van der Waals surface area (Å²) in [6.45, 7) is 0. The van der Waals surface area contributed by atoms with Gasteiger partial charge in [-0.2, -0.15) is 5.10 Å². The average Bonchev–Trinajstić information content (AvgIpc) is 3.24. The highest BCUT2D eigenvalue weighted by Gasteiger charge is 2.32. The van der Waals surface area contributed by atoms with E-state index in [1.807, 2.05) is 30.3 Å². The van der Waals surface area contributed by atoms with Crippen molar-refractivity contribution >= 4 is 16.9 Å². The van der Waals surface area contributed by atoms with Crippen LogP contribution < -0.4 is 0 Å². The second-order valence-corrected chi connectivity index (χ2v) is 5.32. The van der Waals surface area contributed by atoms with Gasteiger partial charge in [-0.15, -0.1) is 0 Å². The number of rotatable bonds is 3. The second-order valence-electron chi connectivity index (χ2n) is 5.32. The van der Waals surface area contributed by atoms with Crippen LogP contribution in [0.4, 0.5) is 0 Å². The van der Waals surface area contributed by atoms with Gasteiger partial charge in [0.15, 0.2) is 0 Å². The molecule has 0 aliphatic heterocycles. The molecule has 0 spiro atoms. The number of hydrogen-bond acceptors (Lipinski definition) is 3. The van der Waals surface area contributed by atoms with Crippen LogP contribution in [0.5, 0.6) is 0 Å². The maximum Gasteiger partial charge on any atom is 0.339 e. The molecule has 3 aromatic rings. The zero-order chi connectivity index (χ0) is 14.4. The fourth-order valence-electron chi connectivity index (χ4n) is 2.67. The Morgan fingerprint density at radius 1 is 1.29 bits per heavy atom. The Kier molecular flexibility index (Phi) is 2.54. The molecule has 0 radical (unpaired) electrons. The first-order valence-corrected chi connectivity index (χ1v) is 6.90. The summed E-state index contributed by atoms with van der Waals surface area (Å²) in [6.07, 6.45) is 5.26. The number of fused-ring (bicyclic) bond motifs is 1.